The summed E-state index contributed by atoms with van der Waals surface area (Å²) in [6.07, 6.45) is -2.92. The molecule has 1 fully saturated rings. The van der Waals surface area contributed by atoms with Gasteiger partial charge in [0.15, 0.2) is 0 Å². The lowest BCUT2D eigenvalue weighted by Gasteiger charge is -2.32. The number of nitrogens with zero attached hydrogens (tertiary/aromatic N) is 3. The lowest BCUT2D eigenvalue weighted by molar-refractivity contribution is -0.274. The predicted octanol–water partition coefficient (Wildman–Crippen LogP) is 4.57. The van der Waals surface area contributed by atoms with Gasteiger partial charge < -0.3 is 15.0 Å². The van der Waals surface area contributed by atoms with Gasteiger partial charge in [0.05, 0.1) is 5.69 Å². The number of halogens is 3. The third-order valence-electron chi connectivity index (χ3n) is 4.57. The Labute approximate surface area is 170 Å². The Balaban J connectivity index is 1.52. The molecule has 3 aromatic rings. The minimum atomic E-state index is -4.70. The van der Waals surface area contributed by atoms with Crippen LogP contribution < -0.4 is 15.0 Å². The van der Waals surface area contributed by atoms with E-state index in [4.69, 9.17) is 0 Å². The van der Waals surface area contributed by atoms with Crippen LogP contribution in [0.5, 0.6) is 5.75 Å². The van der Waals surface area contributed by atoms with E-state index >= 15 is 0 Å². The highest BCUT2D eigenvalue weighted by Crippen LogP contribution is 2.32. The van der Waals surface area contributed by atoms with E-state index in [1.54, 1.807) is 18.3 Å². The number of thiazole rings is 1. The average molecular weight is 420 g/mol. The Bertz CT molecular complexity index is 974. The Kier molecular flexibility index (Phi) is 5.42. The van der Waals surface area contributed by atoms with Crippen molar-refractivity contribution in [2.45, 2.75) is 19.3 Å². The van der Waals surface area contributed by atoms with Crippen LogP contribution in [0.2, 0.25) is 0 Å². The lowest BCUT2D eigenvalue weighted by Crippen LogP contribution is -2.49. The molecule has 0 bridgehead atoms. The predicted molar refractivity (Wildman–Crippen MR) is 107 cm³/mol. The summed E-state index contributed by atoms with van der Waals surface area (Å²) in [7, 11) is 0. The van der Waals surface area contributed by atoms with Crippen LogP contribution in [0, 0.1) is 0 Å². The van der Waals surface area contributed by atoms with Crippen LogP contribution in [0.25, 0.3) is 21.8 Å². The summed E-state index contributed by atoms with van der Waals surface area (Å²) in [6.45, 7) is 4.86. The van der Waals surface area contributed by atoms with Gasteiger partial charge in [0, 0.05) is 48.4 Å². The molecule has 152 valence electrons. The molecule has 0 radical (unpaired) electrons. The monoisotopic (exact) mass is 420 g/mol. The molecule has 1 N–H and O–H groups in total. The molecule has 1 aliphatic rings. The topological polar surface area (TPSA) is 50.3 Å². The first-order chi connectivity index (χ1) is 13.9. The number of hydrogen-bond donors (Lipinski definition) is 1. The largest absolute Gasteiger partial charge is 0.573 e. The zero-order chi connectivity index (χ0) is 20.4. The minimum Gasteiger partial charge on any atom is -0.406 e. The van der Waals surface area contributed by atoms with E-state index in [0.717, 1.165) is 41.6 Å². The van der Waals surface area contributed by atoms with Gasteiger partial charge in [0.25, 0.3) is 0 Å². The van der Waals surface area contributed by atoms with Crippen molar-refractivity contribution in [1.82, 2.24) is 15.3 Å². The van der Waals surface area contributed by atoms with Gasteiger partial charge in [0.1, 0.15) is 16.6 Å². The summed E-state index contributed by atoms with van der Waals surface area (Å²) >= 11 is 1.49. The van der Waals surface area contributed by atoms with E-state index in [9.17, 15) is 13.2 Å². The number of pyridine rings is 1. The van der Waals surface area contributed by atoms with Crippen molar-refractivity contribution in [3.05, 3.63) is 48.0 Å². The molecule has 2 aromatic heterocycles. The molecule has 1 aliphatic heterocycles. The summed E-state index contributed by atoms with van der Waals surface area (Å²) < 4.78 is 40.8. The number of rotatable bonds is 4. The van der Waals surface area contributed by atoms with Crippen LogP contribution in [0.1, 0.15) is 6.92 Å². The van der Waals surface area contributed by atoms with E-state index < -0.39 is 6.36 Å². The van der Waals surface area contributed by atoms with Gasteiger partial charge in [-0.15, -0.1) is 24.5 Å². The fourth-order valence-corrected chi connectivity index (χ4v) is 4.06. The highest BCUT2D eigenvalue weighted by Gasteiger charge is 2.31. The maximum atomic E-state index is 12.3. The Morgan fingerprint density at radius 1 is 1.17 bits per heavy atom. The zero-order valence-electron chi connectivity index (χ0n) is 15.6. The number of piperazine rings is 1. The van der Waals surface area contributed by atoms with Crippen molar-refractivity contribution in [3.63, 3.8) is 0 Å². The Hall–Kier alpha value is -2.65. The molecule has 1 saturated heterocycles. The molecule has 0 spiro atoms. The van der Waals surface area contributed by atoms with Gasteiger partial charge >= 0.3 is 6.36 Å². The Morgan fingerprint density at radius 2 is 1.97 bits per heavy atom. The van der Waals surface area contributed by atoms with Crippen molar-refractivity contribution in [1.29, 1.82) is 0 Å². The second kappa shape index (κ2) is 8.00. The fourth-order valence-electron chi connectivity index (χ4n) is 3.23. The Morgan fingerprint density at radius 3 is 2.69 bits per heavy atom. The van der Waals surface area contributed by atoms with Gasteiger partial charge in [-0.05, 0) is 43.3 Å². The number of alkyl halides is 3. The second-order valence-corrected chi connectivity index (χ2v) is 7.67. The molecule has 0 unspecified atom stereocenters. The fraction of sp³-hybridized carbons (Fsp3) is 0.300. The summed E-state index contributed by atoms with van der Waals surface area (Å²) in [5.74, 6) is 0.669. The van der Waals surface area contributed by atoms with Crippen LogP contribution >= 0.6 is 11.3 Å². The first-order valence-electron chi connectivity index (χ1n) is 9.14. The highest BCUT2D eigenvalue weighted by atomic mass is 32.1. The van der Waals surface area contributed by atoms with E-state index in [-0.39, 0.29) is 5.75 Å². The maximum absolute atomic E-state index is 12.3. The average Bonchev–Trinajstić information content (AvgIpc) is 3.18. The van der Waals surface area contributed by atoms with Crippen LogP contribution in [0.15, 0.2) is 48.0 Å². The van der Waals surface area contributed by atoms with E-state index in [2.05, 4.69) is 31.8 Å². The van der Waals surface area contributed by atoms with Gasteiger partial charge in [-0.1, -0.05) is 0 Å². The molecular weight excluding hydrogens is 401 g/mol. The molecule has 4 rings (SSSR count). The van der Waals surface area contributed by atoms with E-state index in [1.807, 2.05) is 17.5 Å². The second-order valence-electron chi connectivity index (χ2n) is 6.81. The van der Waals surface area contributed by atoms with Crippen LogP contribution in [-0.4, -0.2) is 42.0 Å². The first kappa shape index (κ1) is 19.7. The third-order valence-corrected chi connectivity index (χ3v) is 5.46. The van der Waals surface area contributed by atoms with E-state index in [0.29, 0.717) is 11.7 Å². The van der Waals surface area contributed by atoms with Crippen molar-refractivity contribution >= 4 is 17.2 Å². The molecule has 0 amide bonds. The van der Waals surface area contributed by atoms with Gasteiger partial charge in [-0.25, -0.2) is 9.97 Å². The molecule has 0 saturated carbocycles. The van der Waals surface area contributed by atoms with Crippen LogP contribution in [0.4, 0.5) is 19.0 Å². The number of aromatic nitrogens is 2. The highest BCUT2D eigenvalue weighted by molar-refractivity contribution is 7.13. The van der Waals surface area contributed by atoms with Crippen molar-refractivity contribution < 1.29 is 17.9 Å². The summed E-state index contributed by atoms with van der Waals surface area (Å²) in [6, 6.07) is 10.1. The van der Waals surface area contributed by atoms with Gasteiger partial charge in [0.2, 0.25) is 0 Å². The minimum absolute atomic E-state index is 0.249. The third kappa shape index (κ3) is 4.86. The number of benzene rings is 1. The number of ether oxygens (including phenoxy) is 1. The smallest absolute Gasteiger partial charge is 0.406 e. The SMILES string of the molecule is C[C@@H]1CN(c2cc(-c3nc(-c4ccc(OC(F)(F)F)cc4)cs3)ccn2)CCN1. The van der Waals surface area contributed by atoms with E-state index in [1.165, 1.54) is 23.5 Å². The standard InChI is InChI=1S/C20H19F3N4OS/c1-13-11-27(9-8-24-13)18-10-15(6-7-25-18)19-26-17(12-29-19)14-2-4-16(5-3-14)28-20(21,22)23/h2-7,10,12-13,24H,8-9,11H2,1H3/t13-/m1/s1. The molecule has 5 nitrogen and oxygen atoms in total. The molecule has 29 heavy (non-hydrogen) atoms. The number of nitrogens with one attached hydrogen (secondary N) is 1. The number of hydrogen-bond acceptors (Lipinski definition) is 6. The normalized spacial score (nSPS) is 17.4. The maximum Gasteiger partial charge on any atom is 0.573 e. The quantitative estimate of drug-likeness (QED) is 0.670. The zero-order valence-corrected chi connectivity index (χ0v) is 16.4. The van der Waals surface area contributed by atoms with Crippen molar-refractivity contribution in [3.8, 4) is 27.6 Å². The first-order valence-corrected chi connectivity index (χ1v) is 10.0. The van der Waals surface area contributed by atoms with Crippen LogP contribution in [0.3, 0.4) is 0 Å². The van der Waals surface area contributed by atoms with Gasteiger partial charge in [-0.2, -0.15) is 0 Å². The molecule has 3 heterocycles. The van der Waals surface area contributed by atoms with Crippen molar-refractivity contribution in [2.75, 3.05) is 24.5 Å². The summed E-state index contributed by atoms with van der Waals surface area (Å²) in [5, 5.41) is 6.14. The molecule has 9 heteroatoms. The number of anilines is 1. The van der Waals surface area contributed by atoms with Crippen molar-refractivity contribution in [2.24, 2.45) is 0 Å². The molecule has 1 atom stereocenters. The molecule has 1 aromatic carbocycles. The lowest BCUT2D eigenvalue weighted by atomic mass is 10.1. The van der Waals surface area contributed by atoms with Crippen LogP contribution in [-0.2, 0) is 0 Å². The molecule has 0 aliphatic carbocycles. The summed E-state index contributed by atoms with van der Waals surface area (Å²) in [5.41, 5.74) is 2.40. The summed E-state index contributed by atoms with van der Waals surface area (Å²) in [4.78, 5) is 11.4. The van der Waals surface area contributed by atoms with Gasteiger partial charge in [-0.3, -0.25) is 0 Å². The molecular formula is C20H19F3N4OS.